The molecule has 174 valence electrons. The van der Waals surface area contributed by atoms with Crippen LogP contribution in [0.3, 0.4) is 0 Å². The average Bonchev–Trinajstić information content (AvgIpc) is 2.89. The summed E-state index contributed by atoms with van der Waals surface area (Å²) in [7, 11) is 0. The SMILES string of the molecule is Cc1cccc(C)c1B1c2ccccc2C(c2c(C)cccc2C)=C2C=CC(c3ccccn3)=CN12. The minimum atomic E-state index is 0.0779. The van der Waals surface area contributed by atoms with E-state index in [9.17, 15) is 0 Å². The average molecular weight is 464 g/mol. The van der Waals surface area contributed by atoms with Gasteiger partial charge in [0, 0.05) is 29.2 Å². The molecule has 0 bridgehead atoms. The molecule has 0 atom stereocenters. The molecule has 3 heteroatoms. The first-order chi connectivity index (χ1) is 17.5. The van der Waals surface area contributed by atoms with Crippen LogP contribution >= 0.6 is 0 Å². The van der Waals surface area contributed by atoms with E-state index in [-0.39, 0.29) is 6.85 Å². The molecular formula is C33H29BN2. The van der Waals surface area contributed by atoms with Crippen molar-refractivity contribution in [2.45, 2.75) is 27.7 Å². The van der Waals surface area contributed by atoms with Gasteiger partial charge in [0.1, 0.15) is 0 Å². The van der Waals surface area contributed by atoms with Gasteiger partial charge in [-0.3, -0.25) is 4.98 Å². The van der Waals surface area contributed by atoms with E-state index in [1.54, 1.807) is 0 Å². The predicted molar refractivity (Wildman–Crippen MR) is 153 cm³/mol. The van der Waals surface area contributed by atoms with Crippen molar-refractivity contribution >= 4 is 28.9 Å². The van der Waals surface area contributed by atoms with E-state index in [1.165, 1.54) is 55.6 Å². The molecule has 0 spiro atoms. The number of fused-ring (bicyclic) bond motifs is 2. The highest BCUT2D eigenvalue weighted by Gasteiger charge is 2.39. The third-order valence-electron chi connectivity index (χ3n) is 7.54. The van der Waals surface area contributed by atoms with Gasteiger partial charge in [0.05, 0.1) is 5.69 Å². The lowest BCUT2D eigenvalue weighted by molar-refractivity contribution is 0.744. The van der Waals surface area contributed by atoms with Gasteiger partial charge in [-0.15, -0.1) is 0 Å². The van der Waals surface area contributed by atoms with Gasteiger partial charge in [0.15, 0.2) is 0 Å². The Hall–Kier alpha value is -4.11. The lowest BCUT2D eigenvalue weighted by Crippen LogP contribution is -2.59. The summed E-state index contributed by atoms with van der Waals surface area (Å²) < 4.78 is 0. The molecule has 1 aromatic heterocycles. The molecule has 4 aromatic rings. The smallest absolute Gasteiger partial charge is 0.328 e. The van der Waals surface area contributed by atoms with Gasteiger partial charge in [0.2, 0.25) is 0 Å². The van der Waals surface area contributed by atoms with Crippen LogP contribution in [0.4, 0.5) is 0 Å². The Bertz CT molecular complexity index is 1540. The van der Waals surface area contributed by atoms with Crippen LogP contribution in [0.1, 0.15) is 39.1 Å². The van der Waals surface area contributed by atoms with Crippen molar-refractivity contribution in [1.29, 1.82) is 0 Å². The van der Waals surface area contributed by atoms with Gasteiger partial charge in [0.25, 0.3) is 0 Å². The molecule has 2 aliphatic heterocycles. The number of rotatable bonds is 3. The van der Waals surface area contributed by atoms with Crippen LogP contribution < -0.4 is 10.9 Å². The summed E-state index contributed by atoms with van der Waals surface area (Å²) in [5.41, 5.74) is 15.2. The topological polar surface area (TPSA) is 16.1 Å². The van der Waals surface area contributed by atoms with E-state index < -0.39 is 0 Å². The molecule has 0 aliphatic carbocycles. The van der Waals surface area contributed by atoms with E-state index in [4.69, 9.17) is 0 Å². The third kappa shape index (κ3) is 3.55. The van der Waals surface area contributed by atoms with Crippen molar-refractivity contribution in [1.82, 2.24) is 9.79 Å². The van der Waals surface area contributed by atoms with Crippen LogP contribution in [-0.2, 0) is 0 Å². The molecule has 0 amide bonds. The molecule has 0 saturated heterocycles. The van der Waals surface area contributed by atoms with Gasteiger partial charge in [-0.25, -0.2) is 0 Å². The zero-order chi connectivity index (χ0) is 24.8. The first kappa shape index (κ1) is 22.4. The standard InChI is InChI=1S/C33H29BN2/c1-22-11-9-12-23(2)31(22)32-27-15-5-6-16-28(27)34(33-24(3)13-10-14-25(33)4)36-21-26(18-19-30(32)36)29-17-7-8-20-35-29/h5-21H,1-4H3. The van der Waals surface area contributed by atoms with Crippen molar-refractivity contribution < 1.29 is 0 Å². The molecule has 0 unspecified atom stereocenters. The van der Waals surface area contributed by atoms with Crippen molar-refractivity contribution in [2.24, 2.45) is 0 Å². The van der Waals surface area contributed by atoms with Gasteiger partial charge in [-0.1, -0.05) is 77.9 Å². The van der Waals surface area contributed by atoms with Crippen molar-refractivity contribution in [3.8, 4) is 0 Å². The molecule has 0 saturated carbocycles. The molecule has 2 nitrogen and oxygen atoms in total. The number of aryl methyl sites for hydroxylation is 4. The Morgan fingerprint density at radius 2 is 1.33 bits per heavy atom. The fourth-order valence-corrected chi connectivity index (χ4v) is 5.90. The fourth-order valence-electron chi connectivity index (χ4n) is 5.90. The third-order valence-corrected chi connectivity index (χ3v) is 7.54. The Balaban J connectivity index is 1.69. The van der Waals surface area contributed by atoms with Crippen LogP contribution in [0.5, 0.6) is 0 Å². The van der Waals surface area contributed by atoms with Gasteiger partial charge >= 0.3 is 6.85 Å². The van der Waals surface area contributed by atoms with Crippen molar-refractivity contribution in [2.75, 3.05) is 0 Å². The zero-order valence-electron chi connectivity index (χ0n) is 21.3. The van der Waals surface area contributed by atoms with E-state index in [0.717, 1.165) is 11.3 Å². The zero-order valence-corrected chi connectivity index (χ0v) is 21.3. The number of aromatic nitrogens is 1. The van der Waals surface area contributed by atoms with Crippen LogP contribution in [0.15, 0.2) is 109 Å². The number of pyridine rings is 1. The van der Waals surface area contributed by atoms with E-state index in [2.05, 4.69) is 129 Å². The van der Waals surface area contributed by atoms with Crippen LogP contribution in [-0.4, -0.2) is 16.6 Å². The number of benzene rings is 3. The molecule has 0 fully saturated rings. The number of allylic oxidation sites excluding steroid dienone is 3. The Kier molecular flexibility index (Phi) is 5.49. The van der Waals surface area contributed by atoms with E-state index >= 15 is 0 Å². The fraction of sp³-hybridized carbons (Fsp3) is 0.121. The van der Waals surface area contributed by atoms with Crippen molar-refractivity contribution in [3.63, 3.8) is 0 Å². The highest BCUT2D eigenvalue weighted by atomic mass is 15.1. The second-order valence-electron chi connectivity index (χ2n) is 9.86. The summed E-state index contributed by atoms with van der Waals surface area (Å²) in [6.45, 7) is 9.00. The molecule has 2 aliphatic rings. The maximum Gasteiger partial charge on any atom is 0.328 e. The molecule has 0 radical (unpaired) electrons. The first-order valence-corrected chi connectivity index (χ1v) is 12.6. The first-order valence-electron chi connectivity index (χ1n) is 12.6. The summed E-state index contributed by atoms with van der Waals surface area (Å²) in [5.74, 6) is 0. The predicted octanol–water partition coefficient (Wildman–Crippen LogP) is 6.11. The maximum absolute atomic E-state index is 4.66. The van der Waals surface area contributed by atoms with E-state index in [0.29, 0.717) is 0 Å². The second-order valence-corrected chi connectivity index (χ2v) is 9.86. The van der Waals surface area contributed by atoms with Gasteiger partial charge in [-0.05, 0) is 85.2 Å². The van der Waals surface area contributed by atoms with Crippen LogP contribution in [0.25, 0.3) is 11.1 Å². The lowest BCUT2D eigenvalue weighted by Gasteiger charge is -2.41. The second kappa shape index (κ2) is 8.84. The van der Waals surface area contributed by atoms with Crippen molar-refractivity contribution in [3.05, 3.63) is 148 Å². The Labute approximate surface area is 214 Å². The summed E-state index contributed by atoms with van der Waals surface area (Å²) in [5, 5.41) is 0. The summed E-state index contributed by atoms with van der Waals surface area (Å²) in [6.07, 6.45) is 8.68. The Morgan fingerprint density at radius 1 is 0.667 bits per heavy atom. The molecular weight excluding hydrogens is 435 g/mol. The maximum atomic E-state index is 4.66. The molecule has 3 heterocycles. The molecule has 36 heavy (non-hydrogen) atoms. The monoisotopic (exact) mass is 464 g/mol. The van der Waals surface area contributed by atoms with Gasteiger partial charge < -0.3 is 4.81 Å². The molecule has 6 rings (SSSR count). The quantitative estimate of drug-likeness (QED) is 0.340. The minimum absolute atomic E-state index is 0.0779. The summed E-state index contributed by atoms with van der Waals surface area (Å²) in [6, 6.07) is 28.3. The molecule has 0 N–H and O–H groups in total. The summed E-state index contributed by atoms with van der Waals surface area (Å²) >= 11 is 0. The highest BCUT2D eigenvalue weighted by Crippen LogP contribution is 2.39. The minimum Gasteiger partial charge on any atom is -0.382 e. The normalized spacial score (nSPS) is 14.5. The van der Waals surface area contributed by atoms with Crippen LogP contribution in [0.2, 0.25) is 0 Å². The largest absolute Gasteiger partial charge is 0.382 e. The van der Waals surface area contributed by atoms with Gasteiger partial charge in [-0.2, -0.15) is 0 Å². The number of nitrogens with zero attached hydrogens (tertiary/aromatic N) is 2. The number of hydrogen-bond donors (Lipinski definition) is 0. The lowest BCUT2D eigenvalue weighted by atomic mass is 9.44. The molecule has 3 aromatic carbocycles. The summed E-state index contributed by atoms with van der Waals surface area (Å²) in [4.78, 5) is 7.15. The Morgan fingerprint density at radius 3 is 2.03 bits per heavy atom. The van der Waals surface area contributed by atoms with Crippen LogP contribution in [0, 0.1) is 27.7 Å². The number of hydrogen-bond acceptors (Lipinski definition) is 2. The van der Waals surface area contributed by atoms with E-state index in [1.807, 2.05) is 12.3 Å². The highest BCUT2D eigenvalue weighted by molar-refractivity contribution is 6.85.